The molecule has 0 aliphatic carbocycles. The molecule has 0 unspecified atom stereocenters. The first-order chi connectivity index (χ1) is 9.03. The van der Waals surface area contributed by atoms with E-state index in [0.717, 1.165) is 12.1 Å². The summed E-state index contributed by atoms with van der Waals surface area (Å²) < 4.78 is 33.4. The number of aliphatic hydroxyl groups excluding tert-OH is 1. The molecule has 0 aromatic heterocycles. The van der Waals surface area contributed by atoms with Crippen LogP contribution >= 0.6 is 0 Å². The van der Waals surface area contributed by atoms with Gasteiger partial charge in [-0.3, -0.25) is 0 Å². The zero-order valence-electron chi connectivity index (χ0n) is 10.0. The summed E-state index contributed by atoms with van der Waals surface area (Å²) in [6, 6.07) is 3.87. The lowest BCUT2D eigenvalue weighted by molar-refractivity contribution is -0.0510. The molecule has 0 aliphatic rings. The van der Waals surface area contributed by atoms with Crippen LogP contribution in [0.3, 0.4) is 0 Å². The number of carbonyl (C=O) groups is 1. The second kappa shape index (κ2) is 6.66. The fourth-order valence-corrected chi connectivity index (χ4v) is 1.44. The van der Waals surface area contributed by atoms with Crippen LogP contribution in [-0.2, 0) is 11.3 Å². The van der Waals surface area contributed by atoms with Gasteiger partial charge in [0.2, 0.25) is 0 Å². The van der Waals surface area contributed by atoms with Crippen molar-refractivity contribution in [2.24, 2.45) is 0 Å². The quantitative estimate of drug-likeness (QED) is 0.826. The Hall–Kier alpha value is -2.20. The predicted octanol–water partition coefficient (Wildman–Crippen LogP) is 1.83. The number of carbonyl (C=O) groups excluding carboxylic acids is 1. The second-order valence-corrected chi connectivity index (χ2v) is 3.37. The Morgan fingerprint density at radius 1 is 1.53 bits per heavy atom. The highest BCUT2D eigenvalue weighted by atomic mass is 19.3. The van der Waals surface area contributed by atoms with Gasteiger partial charge in [-0.05, 0) is 19.1 Å². The molecule has 19 heavy (non-hydrogen) atoms. The first-order valence-corrected chi connectivity index (χ1v) is 5.33. The second-order valence-electron chi connectivity index (χ2n) is 3.37. The van der Waals surface area contributed by atoms with Gasteiger partial charge >= 0.3 is 12.6 Å². The number of aliphatic hydroxyl groups is 1. The first-order valence-electron chi connectivity index (χ1n) is 5.33. The van der Waals surface area contributed by atoms with Gasteiger partial charge in [-0.1, -0.05) is 0 Å². The number of benzene rings is 1. The van der Waals surface area contributed by atoms with E-state index >= 15 is 0 Å². The van der Waals surface area contributed by atoms with Crippen molar-refractivity contribution in [2.75, 3.05) is 6.61 Å². The van der Waals surface area contributed by atoms with Gasteiger partial charge in [0.15, 0.2) is 0 Å². The summed E-state index contributed by atoms with van der Waals surface area (Å²) in [5.41, 5.74) is -0.314. The molecule has 0 fully saturated rings. The van der Waals surface area contributed by atoms with Crippen molar-refractivity contribution in [1.82, 2.24) is 0 Å². The Labute approximate surface area is 108 Å². The maximum Gasteiger partial charge on any atom is 0.387 e. The van der Waals surface area contributed by atoms with Gasteiger partial charge in [0.05, 0.1) is 30.4 Å². The van der Waals surface area contributed by atoms with Gasteiger partial charge in [-0.25, -0.2) is 4.79 Å². The smallest absolute Gasteiger partial charge is 0.387 e. The van der Waals surface area contributed by atoms with Crippen molar-refractivity contribution in [3.63, 3.8) is 0 Å². The highest BCUT2D eigenvalue weighted by Gasteiger charge is 2.18. The van der Waals surface area contributed by atoms with Crippen molar-refractivity contribution < 1.29 is 28.2 Å². The summed E-state index contributed by atoms with van der Waals surface area (Å²) >= 11 is 0. The maximum atomic E-state index is 12.3. The summed E-state index contributed by atoms with van der Waals surface area (Å²) in [4.78, 5) is 11.5. The van der Waals surface area contributed by atoms with E-state index < -0.39 is 24.9 Å². The number of nitriles is 1. The van der Waals surface area contributed by atoms with Crippen LogP contribution in [0.4, 0.5) is 8.78 Å². The van der Waals surface area contributed by atoms with E-state index in [1.165, 1.54) is 0 Å². The molecule has 0 spiro atoms. The Morgan fingerprint density at radius 2 is 2.21 bits per heavy atom. The van der Waals surface area contributed by atoms with E-state index in [-0.39, 0.29) is 23.3 Å². The molecular formula is C12H11F2NO4. The molecule has 0 bridgehead atoms. The SMILES string of the molecule is CCOC(=O)c1cc(C#N)c(CO)c(OC(F)F)c1. The van der Waals surface area contributed by atoms with Gasteiger partial charge in [0.25, 0.3) is 0 Å². The summed E-state index contributed by atoms with van der Waals surface area (Å²) in [5.74, 6) is -1.18. The average molecular weight is 271 g/mol. The number of rotatable bonds is 5. The minimum Gasteiger partial charge on any atom is -0.462 e. The molecule has 0 amide bonds. The summed E-state index contributed by atoms with van der Waals surface area (Å²) in [6.45, 7) is -2.10. The van der Waals surface area contributed by atoms with Gasteiger partial charge < -0.3 is 14.6 Å². The van der Waals surface area contributed by atoms with Crippen molar-refractivity contribution in [3.8, 4) is 11.8 Å². The largest absolute Gasteiger partial charge is 0.462 e. The van der Waals surface area contributed by atoms with E-state index in [2.05, 4.69) is 4.74 Å². The number of alkyl halides is 2. The number of ether oxygens (including phenoxy) is 2. The molecule has 7 heteroatoms. The molecule has 1 aromatic carbocycles. The van der Waals surface area contributed by atoms with Crippen LogP contribution in [0.15, 0.2) is 12.1 Å². The van der Waals surface area contributed by atoms with Crippen LogP contribution in [0.1, 0.15) is 28.4 Å². The minimum atomic E-state index is -3.13. The summed E-state index contributed by atoms with van der Waals surface area (Å²) in [6.07, 6.45) is 0. The molecule has 1 rings (SSSR count). The molecule has 1 N–H and O–H groups in total. The number of hydrogen-bond acceptors (Lipinski definition) is 5. The third kappa shape index (κ3) is 3.63. The Morgan fingerprint density at radius 3 is 2.68 bits per heavy atom. The highest BCUT2D eigenvalue weighted by molar-refractivity contribution is 5.90. The van der Waals surface area contributed by atoms with Crippen LogP contribution in [0.25, 0.3) is 0 Å². The normalized spacial score (nSPS) is 10.1. The fraction of sp³-hybridized carbons (Fsp3) is 0.333. The lowest BCUT2D eigenvalue weighted by Crippen LogP contribution is -2.10. The Kier molecular flexibility index (Phi) is 5.21. The molecule has 0 atom stereocenters. The average Bonchev–Trinajstić information content (AvgIpc) is 2.37. The molecule has 102 valence electrons. The minimum absolute atomic E-state index is 0.0914. The van der Waals surface area contributed by atoms with Crippen molar-refractivity contribution >= 4 is 5.97 Å². The third-order valence-electron chi connectivity index (χ3n) is 2.21. The van der Waals surface area contributed by atoms with Crippen molar-refractivity contribution in [2.45, 2.75) is 20.1 Å². The monoisotopic (exact) mass is 271 g/mol. The van der Waals surface area contributed by atoms with Gasteiger partial charge in [-0.2, -0.15) is 14.0 Å². The molecule has 0 saturated carbocycles. The van der Waals surface area contributed by atoms with Gasteiger partial charge in [0.1, 0.15) is 5.75 Å². The molecule has 0 saturated heterocycles. The van der Waals surface area contributed by atoms with E-state index in [0.29, 0.717) is 0 Å². The lowest BCUT2D eigenvalue weighted by Gasteiger charge is -2.12. The number of hydrogen-bond donors (Lipinski definition) is 1. The summed E-state index contributed by atoms with van der Waals surface area (Å²) in [7, 11) is 0. The van der Waals surface area contributed by atoms with Gasteiger partial charge in [0, 0.05) is 5.56 Å². The summed E-state index contributed by atoms with van der Waals surface area (Å²) in [5, 5.41) is 18.0. The van der Waals surface area contributed by atoms with Crippen LogP contribution < -0.4 is 4.74 Å². The first kappa shape index (κ1) is 14.9. The molecular weight excluding hydrogens is 260 g/mol. The third-order valence-corrected chi connectivity index (χ3v) is 2.21. The lowest BCUT2D eigenvalue weighted by atomic mass is 10.0. The van der Waals surface area contributed by atoms with Crippen molar-refractivity contribution in [1.29, 1.82) is 5.26 Å². The van der Waals surface area contributed by atoms with E-state index in [1.54, 1.807) is 13.0 Å². The van der Waals surface area contributed by atoms with Gasteiger partial charge in [-0.15, -0.1) is 0 Å². The topological polar surface area (TPSA) is 79.6 Å². The zero-order chi connectivity index (χ0) is 14.4. The van der Waals surface area contributed by atoms with Crippen LogP contribution in [0.2, 0.25) is 0 Å². The Balaban J connectivity index is 3.30. The standard InChI is InChI=1S/C12H11F2NO4/c1-2-18-11(17)7-3-8(5-15)9(6-16)10(4-7)19-12(13)14/h3-4,12,16H,2,6H2,1H3. The molecule has 1 aromatic rings. The van der Waals surface area contributed by atoms with Crippen LogP contribution in [-0.4, -0.2) is 24.3 Å². The van der Waals surface area contributed by atoms with Crippen LogP contribution in [0.5, 0.6) is 5.75 Å². The Bertz CT molecular complexity index is 511. The molecule has 0 heterocycles. The molecule has 5 nitrogen and oxygen atoms in total. The zero-order valence-corrected chi connectivity index (χ0v) is 10.0. The van der Waals surface area contributed by atoms with Crippen LogP contribution in [0, 0.1) is 11.3 Å². The maximum absolute atomic E-state index is 12.3. The van der Waals surface area contributed by atoms with E-state index in [9.17, 15) is 13.6 Å². The highest BCUT2D eigenvalue weighted by Crippen LogP contribution is 2.26. The molecule has 0 aliphatic heterocycles. The predicted molar refractivity (Wildman–Crippen MR) is 59.7 cm³/mol. The number of nitrogens with zero attached hydrogens (tertiary/aromatic N) is 1. The van der Waals surface area contributed by atoms with E-state index in [1.807, 2.05) is 0 Å². The molecule has 0 radical (unpaired) electrons. The fourth-order valence-electron chi connectivity index (χ4n) is 1.44. The number of esters is 1. The number of halogens is 2. The van der Waals surface area contributed by atoms with E-state index in [4.69, 9.17) is 15.1 Å². The van der Waals surface area contributed by atoms with Crippen molar-refractivity contribution in [3.05, 3.63) is 28.8 Å².